The Balaban J connectivity index is 1.90. The first-order valence-electron chi connectivity index (χ1n) is 5.39. The number of carbonyl (C=O) groups is 1. The van der Waals surface area contributed by atoms with E-state index in [-0.39, 0.29) is 22.3 Å². The number of alkyl halides is 1. The van der Waals surface area contributed by atoms with Gasteiger partial charge >= 0.3 is 0 Å². The number of nitrogens with one attached hydrogen (secondary N) is 1. The van der Waals surface area contributed by atoms with Crippen molar-refractivity contribution in [2.75, 3.05) is 6.54 Å². The fraction of sp³-hybridized carbons (Fsp3) is 0.154. The van der Waals surface area contributed by atoms with Crippen LogP contribution < -0.4 is 5.32 Å². The largest absolute Gasteiger partial charge is 0.440 e. The number of hydrogen-bond donors (Lipinski definition) is 1. The molecule has 0 saturated carbocycles. The second-order valence-corrected chi connectivity index (χ2v) is 4.59. The molecular formula is C13H11Cl2NO2. The molecule has 18 heavy (non-hydrogen) atoms. The van der Waals surface area contributed by atoms with Crippen molar-refractivity contribution in [1.29, 1.82) is 0 Å². The fourth-order valence-electron chi connectivity index (χ4n) is 1.49. The molecule has 1 N–H and O–H groups in total. The van der Waals surface area contributed by atoms with Crippen LogP contribution in [-0.4, -0.2) is 12.5 Å². The van der Waals surface area contributed by atoms with Crippen molar-refractivity contribution in [2.24, 2.45) is 0 Å². The average Bonchev–Trinajstić information content (AvgIpc) is 2.83. The van der Waals surface area contributed by atoms with Crippen LogP contribution in [0.1, 0.15) is 21.5 Å². The summed E-state index contributed by atoms with van der Waals surface area (Å²) < 4.78 is 4.99. The maximum Gasteiger partial charge on any atom is 0.287 e. The highest BCUT2D eigenvalue weighted by Gasteiger charge is 2.13. The monoisotopic (exact) mass is 283 g/mol. The van der Waals surface area contributed by atoms with Gasteiger partial charge in [-0.1, -0.05) is 30.3 Å². The van der Waals surface area contributed by atoms with Gasteiger partial charge in [0, 0.05) is 6.54 Å². The maximum absolute atomic E-state index is 11.7. The normalized spacial score (nSPS) is 12.1. The smallest absolute Gasteiger partial charge is 0.287 e. The summed E-state index contributed by atoms with van der Waals surface area (Å²) in [5.74, 6) is -0.152. The molecule has 0 aliphatic rings. The van der Waals surface area contributed by atoms with E-state index >= 15 is 0 Å². The Morgan fingerprint density at radius 1 is 1.22 bits per heavy atom. The molecule has 0 fully saturated rings. The summed E-state index contributed by atoms with van der Waals surface area (Å²) in [6.07, 6.45) is 0. The van der Waals surface area contributed by atoms with Crippen LogP contribution >= 0.6 is 23.2 Å². The second-order valence-electron chi connectivity index (χ2n) is 3.69. The molecule has 1 aromatic heterocycles. The summed E-state index contributed by atoms with van der Waals surface area (Å²) in [6, 6.07) is 12.6. The Hall–Kier alpha value is -1.45. The van der Waals surface area contributed by atoms with Crippen molar-refractivity contribution in [3.63, 3.8) is 0 Å². The van der Waals surface area contributed by atoms with E-state index in [2.05, 4.69) is 5.32 Å². The summed E-state index contributed by atoms with van der Waals surface area (Å²) in [4.78, 5) is 11.7. The molecule has 5 heteroatoms. The zero-order chi connectivity index (χ0) is 13.0. The molecule has 2 rings (SSSR count). The van der Waals surface area contributed by atoms with Gasteiger partial charge in [-0.15, -0.1) is 11.6 Å². The summed E-state index contributed by atoms with van der Waals surface area (Å²) in [7, 11) is 0. The zero-order valence-corrected chi connectivity index (χ0v) is 10.9. The summed E-state index contributed by atoms with van der Waals surface area (Å²) in [5, 5.41) is 2.60. The molecule has 1 unspecified atom stereocenters. The predicted molar refractivity (Wildman–Crippen MR) is 71.1 cm³/mol. The third kappa shape index (κ3) is 3.28. The second kappa shape index (κ2) is 5.94. The van der Waals surface area contributed by atoms with Gasteiger partial charge in [0.1, 0.15) is 0 Å². The quantitative estimate of drug-likeness (QED) is 0.871. The lowest BCUT2D eigenvalue weighted by Crippen LogP contribution is -2.26. The highest BCUT2D eigenvalue weighted by molar-refractivity contribution is 6.29. The van der Waals surface area contributed by atoms with Gasteiger partial charge in [-0.25, -0.2) is 0 Å². The van der Waals surface area contributed by atoms with Crippen LogP contribution in [-0.2, 0) is 0 Å². The minimum atomic E-state index is -0.330. The molecule has 1 amide bonds. The molecule has 3 nitrogen and oxygen atoms in total. The van der Waals surface area contributed by atoms with Gasteiger partial charge < -0.3 is 9.73 Å². The molecule has 0 aliphatic heterocycles. The van der Waals surface area contributed by atoms with Crippen molar-refractivity contribution in [2.45, 2.75) is 5.38 Å². The first kappa shape index (κ1) is 13.0. The Morgan fingerprint density at radius 2 is 1.94 bits per heavy atom. The van der Waals surface area contributed by atoms with E-state index in [0.29, 0.717) is 6.54 Å². The van der Waals surface area contributed by atoms with E-state index in [9.17, 15) is 4.79 Å². The third-order valence-corrected chi connectivity index (χ3v) is 3.01. The molecule has 0 aliphatic carbocycles. The van der Waals surface area contributed by atoms with E-state index in [1.165, 1.54) is 12.1 Å². The highest BCUT2D eigenvalue weighted by Crippen LogP contribution is 2.19. The molecule has 2 aromatic rings. The number of hydrogen-bond acceptors (Lipinski definition) is 2. The Bertz CT molecular complexity index is 525. The molecular weight excluding hydrogens is 273 g/mol. The van der Waals surface area contributed by atoms with Crippen molar-refractivity contribution < 1.29 is 9.21 Å². The van der Waals surface area contributed by atoms with Gasteiger partial charge in [0.25, 0.3) is 5.91 Å². The minimum absolute atomic E-state index is 0.178. The maximum atomic E-state index is 11.7. The van der Waals surface area contributed by atoms with Crippen molar-refractivity contribution in [1.82, 2.24) is 5.32 Å². The van der Waals surface area contributed by atoms with Crippen molar-refractivity contribution >= 4 is 29.1 Å². The first-order valence-corrected chi connectivity index (χ1v) is 6.21. The van der Waals surface area contributed by atoms with Crippen LogP contribution in [0.15, 0.2) is 46.9 Å². The fourth-order valence-corrected chi connectivity index (χ4v) is 1.85. The van der Waals surface area contributed by atoms with E-state index in [0.717, 1.165) is 5.56 Å². The molecule has 1 atom stereocenters. The van der Waals surface area contributed by atoms with E-state index < -0.39 is 0 Å². The van der Waals surface area contributed by atoms with E-state index in [4.69, 9.17) is 27.6 Å². The lowest BCUT2D eigenvalue weighted by Gasteiger charge is -2.10. The van der Waals surface area contributed by atoms with Crippen LogP contribution in [0.3, 0.4) is 0 Å². The van der Waals surface area contributed by atoms with Crippen LogP contribution in [0.5, 0.6) is 0 Å². The lowest BCUT2D eigenvalue weighted by molar-refractivity contribution is 0.0926. The Kier molecular flexibility index (Phi) is 4.28. The standard InChI is InChI=1S/C13H11Cl2NO2/c14-10(9-4-2-1-3-5-9)8-16-13(17)11-6-7-12(15)18-11/h1-7,10H,8H2,(H,16,17). The molecule has 0 saturated heterocycles. The first-order chi connectivity index (χ1) is 8.66. The summed E-state index contributed by atoms with van der Waals surface area (Å²) in [6.45, 7) is 0.322. The van der Waals surface area contributed by atoms with Crippen LogP contribution in [0.4, 0.5) is 0 Å². The van der Waals surface area contributed by atoms with Gasteiger partial charge in [0.2, 0.25) is 0 Å². The number of rotatable bonds is 4. The zero-order valence-electron chi connectivity index (χ0n) is 9.40. The van der Waals surface area contributed by atoms with Gasteiger partial charge in [-0.3, -0.25) is 4.79 Å². The van der Waals surface area contributed by atoms with E-state index in [1.807, 2.05) is 30.3 Å². The lowest BCUT2D eigenvalue weighted by atomic mass is 10.1. The SMILES string of the molecule is O=C(NCC(Cl)c1ccccc1)c1ccc(Cl)o1. The predicted octanol–water partition coefficient (Wildman–Crippen LogP) is 3.64. The van der Waals surface area contributed by atoms with Gasteiger partial charge in [0.15, 0.2) is 11.0 Å². The van der Waals surface area contributed by atoms with E-state index in [1.54, 1.807) is 0 Å². The molecule has 1 aromatic carbocycles. The van der Waals surface area contributed by atoms with Crippen molar-refractivity contribution in [3.05, 3.63) is 59.0 Å². The van der Waals surface area contributed by atoms with Gasteiger partial charge in [-0.05, 0) is 29.3 Å². The van der Waals surface area contributed by atoms with Crippen LogP contribution in [0.2, 0.25) is 5.22 Å². The Labute approximate surface area is 115 Å². The van der Waals surface area contributed by atoms with Crippen LogP contribution in [0.25, 0.3) is 0 Å². The summed E-state index contributed by atoms with van der Waals surface area (Å²) >= 11 is 11.8. The summed E-state index contributed by atoms with van der Waals surface area (Å²) in [5.41, 5.74) is 0.956. The molecule has 0 spiro atoms. The number of amides is 1. The number of halogens is 2. The Morgan fingerprint density at radius 3 is 2.56 bits per heavy atom. The highest BCUT2D eigenvalue weighted by atomic mass is 35.5. The minimum Gasteiger partial charge on any atom is -0.440 e. The van der Waals surface area contributed by atoms with Crippen molar-refractivity contribution in [3.8, 4) is 0 Å². The van der Waals surface area contributed by atoms with Gasteiger partial charge in [0.05, 0.1) is 5.38 Å². The molecule has 0 bridgehead atoms. The van der Waals surface area contributed by atoms with Crippen LogP contribution in [0, 0.1) is 0 Å². The topological polar surface area (TPSA) is 42.2 Å². The molecule has 94 valence electrons. The number of furan rings is 1. The number of benzene rings is 1. The molecule has 0 radical (unpaired) electrons. The average molecular weight is 284 g/mol. The molecule has 1 heterocycles. The van der Waals surface area contributed by atoms with Gasteiger partial charge in [-0.2, -0.15) is 0 Å². The third-order valence-electron chi connectivity index (χ3n) is 2.40. The number of carbonyl (C=O) groups excluding carboxylic acids is 1.